The van der Waals surface area contributed by atoms with Crippen LogP contribution in [0.1, 0.15) is 10.4 Å². The van der Waals surface area contributed by atoms with Gasteiger partial charge in [-0.25, -0.2) is 0 Å². The molecule has 1 saturated heterocycles. The number of ether oxygens (including phenoxy) is 2. The SMILES string of the molecule is COc1ccc(NC(=O)c2cccc(-c3ccc(N4CCOCC4)nn3)c2)cc1Cl. The molecule has 7 nitrogen and oxygen atoms in total. The summed E-state index contributed by atoms with van der Waals surface area (Å²) in [6.07, 6.45) is 0. The molecule has 0 saturated carbocycles. The summed E-state index contributed by atoms with van der Waals surface area (Å²) in [7, 11) is 1.54. The Bertz CT molecular complexity index is 1040. The van der Waals surface area contributed by atoms with Crippen molar-refractivity contribution in [3.8, 4) is 17.0 Å². The largest absolute Gasteiger partial charge is 0.495 e. The number of rotatable bonds is 5. The molecular weight excluding hydrogens is 404 g/mol. The van der Waals surface area contributed by atoms with Crippen molar-refractivity contribution in [1.29, 1.82) is 0 Å². The highest BCUT2D eigenvalue weighted by molar-refractivity contribution is 6.32. The first kappa shape index (κ1) is 20.1. The second-order valence-corrected chi connectivity index (χ2v) is 7.17. The third kappa shape index (κ3) is 4.53. The van der Waals surface area contributed by atoms with Crippen molar-refractivity contribution in [2.75, 3.05) is 43.6 Å². The fourth-order valence-electron chi connectivity index (χ4n) is 3.21. The maximum absolute atomic E-state index is 12.7. The van der Waals surface area contributed by atoms with Crippen LogP contribution in [0.25, 0.3) is 11.3 Å². The number of aromatic nitrogens is 2. The summed E-state index contributed by atoms with van der Waals surface area (Å²) in [4.78, 5) is 14.8. The molecule has 1 aliphatic rings. The lowest BCUT2D eigenvalue weighted by atomic mass is 10.1. The highest BCUT2D eigenvalue weighted by Crippen LogP contribution is 2.27. The van der Waals surface area contributed by atoms with E-state index >= 15 is 0 Å². The van der Waals surface area contributed by atoms with Crippen LogP contribution >= 0.6 is 11.6 Å². The van der Waals surface area contributed by atoms with Gasteiger partial charge in [0.2, 0.25) is 0 Å². The predicted molar refractivity (Wildman–Crippen MR) is 116 cm³/mol. The first-order chi connectivity index (χ1) is 14.6. The van der Waals surface area contributed by atoms with Crippen LogP contribution in [-0.4, -0.2) is 49.5 Å². The van der Waals surface area contributed by atoms with Crippen molar-refractivity contribution in [2.24, 2.45) is 0 Å². The zero-order chi connectivity index (χ0) is 20.9. The Morgan fingerprint density at radius 2 is 1.93 bits per heavy atom. The van der Waals surface area contributed by atoms with E-state index in [1.807, 2.05) is 24.3 Å². The van der Waals surface area contributed by atoms with E-state index in [1.54, 1.807) is 37.4 Å². The van der Waals surface area contributed by atoms with Gasteiger partial charge in [0.05, 0.1) is 31.0 Å². The van der Waals surface area contributed by atoms with Crippen LogP contribution in [0.4, 0.5) is 11.5 Å². The van der Waals surface area contributed by atoms with E-state index in [-0.39, 0.29) is 5.91 Å². The average molecular weight is 425 g/mol. The number of anilines is 2. The Hall–Kier alpha value is -3.16. The maximum atomic E-state index is 12.7. The number of carbonyl (C=O) groups is 1. The number of hydrogen-bond donors (Lipinski definition) is 1. The van der Waals surface area contributed by atoms with Crippen LogP contribution in [0.2, 0.25) is 5.02 Å². The van der Waals surface area contributed by atoms with Gasteiger partial charge in [0.15, 0.2) is 5.82 Å². The minimum atomic E-state index is -0.240. The molecule has 0 bridgehead atoms. The Balaban J connectivity index is 1.49. The van der Waals surface area contributed by atoms with Crippen LogP contribution in [0.3, 0.4) is 0 Å². The molecule has 3 aromatic rings. The number of amides is 1. The van der Waals surface area contributed by atoms with E-state index in [4.69, 9.17) is 21.1 Å². The van der Waals surface area contributed by atoms with E-state index in [1.165, 1.54) is 0 Å². The molecule has 4 rings (SSSR count). The second-order valence-electron chi connectivity index (χ2n) is 6.76. The summed E-state index contributed by atoms with van der Waals surface area (Å²) >= 11 is 6.13. The fourth-order valence-corrected chi connectivity index (χ4v) is 3.47. The van der Waals surface area contributed by atoms with E-state index < -0.39 is 0 Å². The van der Waals surface area contributed by atoms with Crippen LogP contribution < -0.4 is 15.0 Å². The zero-order valence-electron chi connectivity index (χ0n) is 16.5. The van der Waals surface area contributed by atoms with E-state index in [2.05, 4.69) is 20.4 Å². The van der Waals surface area contributed by atoms with Crippen molar-refractivity contribution >= 4 is 29.0 Å². The summed E-state index contributed by atoms with van der Waals surface area (Å²) in [5.74, 6) is 1.14. The Kier molecular flexibility index (Phi) is 6.11. The number of morpholine rings is 1. The molecule has 1 aromatic heterocycles. The molecule has 1 fully saturated rings. The van der Waals surface area contributed by atoms with Crippen molar-refractivity contribution in [1.82, 2.24) is 10.2 Å². The van der Waals surface area contributed by atoms with Crippen LogP contribution in [0.5, 0.6) is 5.75 Å². The van der Waals surface area contributed by atoms with Gasteiger partial charge in [-0.3, -0.25) is 4.79 Å². The number of benzene rings is 2. The molecule has 0 unspecified atom stereocenters. The maximum Gasteiger partial charge on any atom is 0.255 e. The fraction of sp³-hybridized carbons (Fsp3) is 0.227. The lowest BCUT2D eigenvalue weighted by Crippen LogP contribution is -2.36. The average Bonchev–Trinajstić information content (AvgIpc) is 2.80. The van der Waals surface area contributed by atoms with Crippen molar-refractivity contribution < 1.29 is 14.3 Å². The number of methoxy groups -OCH3 is 1. The Labute approximate surface area is 179 Å². The van der Waals surface area contributed by atoms with Crippen LogP contribution in [-0.2, 0) is 4.74 Å². The number of halogens is 1. The molecular formula is C22H21ClN4O3. The molecule has 0 atom stereocenters. The second kappa shape index (κ2) is 9.11. The number of hydrogen-bond acceptors (Lipinski definition) is 6. The van der Waals surface area contributed by atoms with Gasteiger partial charge >= 0.3 is 0 Å². The monoisotopic (exact) mass is 424 g/mol. The van der Waals surface area contributed by atoms with Crippen molar-refractivity contribution in [3.05, 3.63) is 65.2 Å². The first-order valence-corrected chi connectivity index (χ1v) is 9.93. The topological polar surface area (TPSA) is 76.6 Å². The third-order valence-electron chi connectivity index (χ3n) is 4.82. The number of carbonyl (C=O) groups excluding carboxylic acids is 1. The van der Waals surface area contributed by atoms with E-state index in [0.717, 1.165) is 24.5 Å². The molecule has 1 aliphatic heterocycles. The van der Waals surface area contributed by atoms with E-state index in [9.17, 15) is 4.79 Å². The van der Waals surface area contributed by atoms with E-state index in [0.29, 0.717) is 40.9 Å². The Morgan fingerprint density at radius 3 is 2.63 bits per heavy atom. The van der Waals surface area contributed by atoms with Crippen LogP contribution in [0, 0.1) is 0 Å². The lowest BCUT2D eigenvalue weighted by Gasteiger charge is -2.27. The third-order valence-corrected chi connectivity index (χ3v) is 5.11. The highest BCUT2D eigenvalue weighted by atomic mass is 35.5. The molecule has 0 radical (unpaired) electrons. The van der Waals surface area contributed by atoms with Gasteiger partial charge in [0, 0.05) is 29.9 Å². The normalized spacial score (nSPS) is 13.7. The van der Waals surface area contributed by atoms with Gasteiger partial charge in [0.25, 0.3) is 5.91 Å². The van der Waals surface area contributed by atoms with Gasteiger partial charge in [-0.1, -0.05) is 23.7 Å². The van der Waals surface area contributed by atoms with Gasteiger partial charge < -0.3 is 19.7 Å². The molecule has 0 aliphatic carbocycles. The van der Waals surface area contributed by atoms with Crippen LogP contribution in [0.15, 0.2) is 54.6 Å². The Morgan fingerprint density at radius 1 is 1.10 bits per heavy atom. The molecule has 1 N–H and O–H groups in total. The molecule has 0 spiro atoms. The molecule has 2 heterocycles. The molecule has 1 amide bonds. The molecule has 30 heavy (non-hydrogen) atoms. The molecule has 154 valence electrons. The summed E-state index contributed by atoms with van der Waals surface area (Å²) in [5, 5.41) is 12.0. The number of nitrogens with one attached hydrogen (secondary N) is 1. The van der Waals surface area contributed by atoms with Gasteiger partial charge in [0.1, 0.15) is 5.75 Å². The van der Waals surface area contributed by atoms with Gasteiger partial charge in [-0.15, -0.1) is 10.2 Å². The molecule has 8 heteroatoms. The van der Waals surface area contributed by atoms with Gasteiger partial charge in [-0.2, -0.15) is 0 Å². The quantitative estimate of drug-likeness (QED) is 0.669. The lowest BCUT2D eigenvalue weighted by molar-refractivity contribution is 0.102. The summed E-state index contributed by atoms with van der Waals surface area (Å²) in [6.45, 7) is 3.00. The van der Waals surface area contributed by atoms with Crippen molar-refractivity contribution in [3.63, 3.8) is 0 Å². The van der Waals surface area contributed by atoms with Crippen molar-refractivity contribution in [2.45, 2.75) is 0 Å². The highest BCUT2D eigenvalue weighted by Gasteiger charge is 2.14. The summed E-state index contributed by atoms with van der Waals surface area (Å²) < 4.78 is 10.5. The minimum Gasteiger partial charge on any atom is -0.495 e. The first-order valence-electron chi connectivity index (χ1n) is 9.56. The molecule has 2 aromatic carbocycles. The number of nitrogens with zero attached hydrogens (tertiary/aromatic N) is 3. The predicted octanol–water partition coefficient (Wildman–Crippen LogP) is 3.89. The summed E-state index contributed by atoms with van der Waals surface area (Å²) in [5.41, 5.74) is 2.62. The zero-order valence-corrected chi connectivity index (χ0v) is 17.2. The summed E-state index contributed by atoms with van der Waals surface area (Å²) in [6, 6.07) is 16.2. The minimum absolute atomic E-state index is 0.240. The van der Waals surface area contributed by atoms with Gasteiger partial charge in [-0.05, 0) is 42.5 Å². The standard InChI is InChI=1S/C22H21ClN4O3/c1-29-20-7-5-17(14-18(20)23)24-22(28)16-4-2-3-15(13-16)19-6-8-21(26-25-19)27-9-11-30-12-10-27/h2-8,13-14H,9-12H2,1H3,(H,24,28). The smallest absolute Gasteiger partial charge is 0.255 e.